The lowest BCUT2D eigenvalue weighted by Gasteiger charge is -2.19. The van der Waals surface area contributed by atoms with Crippen molar-refractivity contribution in [2.24, 2.45) is 11.8 Å². The van der Waals surface area contributed by atoms with E-state index in [1.54, 1.807) is 0 Å². The highest BCUT2D eigenvalue weighted by Gasteiger charge is 2.26. The van der Waals surface area contributed by atoms with Crippen LogP contribution < -0.4 is 5.32 Å². The Morgan fingerprint density at radius 2 is 1.80 bits per heavy atom. The molecule has 0 aliphatic heterocycles. The van der Waals surface area contributed by atoms with Crippen LogP contribution >= 0.6 is 15.9 Å². The molecule has 2 nitrogen and oxygen atoms in total. The first-order valence-corrected chi connectivity index (χ1v) is 8.57. The van der Waals surface area contributed by atoms with E-state index in [0.717, 1.165) is 34.5 Å². The number of amides is 1. The first-order valence-electron chi connectivity index (χ1n) is 7.45. The maximum Gasteiger partial charge on any atom is 0.251 e. The second kappa shape index (κ2) is 6.75. The minimum atomic E-state index is 0.0835. The molecule has 2 rings (SSSR count). The van der Waals surface area contributed by atoms with E-state index in [0.29, 0.717) is 5.92 Å². The highest BCUT2D eigenvalue weighted by atomic mass is 79.9. The number of rotatable bonds is 4. The standard InChI is InChI=1S/C17H24BrNO/c1-11-7-12(2)16(13(3)8-11)17(20)19-10-15-6-4-5-14(15)9-18/h7-8,14-15H,4-6,9-10H2,1-3H3,(H,19,20). The zero-order valence-corrected chi connectivity index (χ0v) is 14.2. The minimum absolute atomic E-state index is 0.0835. The SMILES string of the molecule is Cc1cc(C)c(C(=O)NCC2CCCC2CBr)c(C)c1. The van der Waals surface area contributed by atoms with E-state index in [-0.39, 0.29) is 5.91 Å². The lowest BCUT2D eigenvalue weighted by molar-refractivity contribution is 0.0943. The number of hydrogen-bond acceptors (Lipinski definition) is 1. The second-order valence-electron chi connectivity index (χ2n) is 6.09. The quantitative estimate of drug-likeness (QED) is 0.821. The van der Waals surface area contributed by atoms with Gasteiger partial charge in [-0.2, -0.15) is 0 Å². The predicted octanol–water partition coefficient (Wildman–Crippen LogP) is 4.15. The first kappa shape index (κ1) is 15.6. The van der Waals surface area contributed by atoms with Crippen molar-refractivity contribution >= 4 is 21.8 Å². The molecule has 1 aromatic rings. The van der Waals surface area contributed by atoms with Gasteiger partial charge in [-0.3, -0.25) is 4.79 Å². The van der Waals surface area contributed by atoms with Gasteiger partial charge in [0.25, 0.3) is 5.91 Å². The minimum Gasteiger partial charge on any atom is -0.352 e. The topological polar surface area (TPSA) is 29.1 Å². The number of nitrogens with one attached hydrogen (secondary N) is 1. The fraction of sp³-hybridized carbons (Fsp3) is 0.588. The molecule has 2 unspecified atom stereocenters. The third kappa shape index (κ3) is 3.43. The maximum absolute atomic E-state index is 12.4. The van der Waals surface area contributed by atoms with Crippen LogP contribution in [-0.4, -0.2) is 17.8 Å². The molecule has 1 amide bonds. The lowest BCUT2D eigenvalue weighted by atomic mass is 9.96. The third-order valence-electron chi connectivity index (χ3n) is 4.44. The van der Waals surface area contributed by atoms with Crippen molar-refractivity contribution in [3.63, 3.8) is 0 Å². The van der Waals surface area contributed by atoms with Gasteiger partial charge in [0.15, 0.2) is 0 Å². The fourth-order valence-corrected chi connectivity index (χ4v) is 4.29. The summed E-state index contributed by atoms with van der Waals surface area (Å²) in [5, 5.41) is 4.20. The highest BCUT2D eigenvalue weighted by Crippen LogP contribution is 2.32. The van der Waals surface area contributed by atoms with Crippen LogP contribution in [0.15, 0.2) is 12.1 Å². The van der Waals surface area contributed by atoms with Crippen molar-refractivity contribution in [3.05, 3.63) is 34.4 Å². The molecule has 0 spiro atoms. The largest absolute Gasteiger partial charge is 0.352 e. The number of alkyl halides is 1. The van der Waals surface area contributed by atoms with Crippen molar-refractivity contribution in [1.82, 2.24) is 5.32 Å². The molecule has 1 aromatic carbocycles. The molecule has 3 heteroatoms. The second-order valence-corrected chi connectivity index (χ2v) is 6.74. The predicted molar refractivity (Wildman–Crippen MR) is 87.6 cm³/mol. The van der Waals surface area contributed by atoms with Gasteiger partial charge in [0, 0.05) is 17.4 Å². The Labute approximate surface area is 130 Å². The van der Waals surface area contributed by atoms with Gasteiger partial charge in [-0.25, -0.2) is 0 Å². The van der Waals surface area contributed by atoms with E-state index in [9.17, 15) is 4.79 Å². The van der Waals surface area contributed by atoms with E-state index in [1.165, 1.54) is 24.8 Å². The molecule has 0 saturated heterocycles. The summed E-state index contributed by atoms with van der Waals surface area (Å²) in [6.45, 7) is 6.92. The molecule has 20 heavy (non-hydrogen) atoms. The van der Waals surface area contributed by atoms with Crippen LogP contribution in [0.25, 0.3) is 0 Å². The molecule has 0 heterocycles. The number of halogens is 1. The number of benzene rings is 1. The summed E-state index contributed by atoms with van der Waals surface area (Å²) >= 11 is 3.59. The van der Waals surface area contributed by atoms with Crippen LogP contribution in [0.1, 0.15) is 46.3 Å². The summed E-state index contributed by atoms with van der Waals surface area (Å²) in [5.41, 5.74) is 4.21. The monoisotopic (exact) mass is 337 g/mol. The number of hydrogen-bond donors (Lipinski definition) is 1. The number of carbonyl (C=O) groups is 1. The van der Waals surface area contributed by atoms with E-state index >= 15 is 0 Å². The fourth-order valence-electron chi connectivity index (χ4n) is 3.44. The Balaban J connectivity index is 2.02. The van der Waals surface area contributed by atoms with Gasteiger partial charge < -0.3 is 5.32 Å². The van der Waals surface area contributed by atoms with Crippen LogP contribution in [0.5, 0.6) is 0 Å². The highest BCUT2D eigenvalue weighted by molar-refractivity contribution is 9.09. The van der Waals surface area contributed by atoms with Gasteiger partial charge in [0.05, 0.1) is 0 Å². The Hall–Kier alpha value is -0.830. The van der Waals surface area contributed by atoms with Crippen LogP contribution in [0.2, 0.25) is 0 Å². The Bertz CT molecular complexity index is 475. The summed E-state index contributed by atoms with van der Waals surface area (Å²) in [4.78, 5) is 12.4. The van der Waals surface area contributed by atoms with Crippen molar-refractivity contribution in [1.29, 1.82) is 0 Å². The smallest absolute Gasteiger partial charge is 0.251 e. The summed E-state index contributed by atoms with van der Waals surface area (Å²) in [5.74, 6) is 1.43. The molecule has 1 fully saturated rings. The van der Waals surface area contributed by atoms with Gasteiger partial charge in [-0.15, -0.1) is 0 Å². The van der Waals surface area contributed by atoms with Crippen LogP contribution in [0, 0.1) is 32.6 Å². The summed E-state index contributed by atoms with van der Waals surface area (Å²) in [7, 11) is 0. The average Bonchev–Trinajstić information content (AvgIpc) is 2.82. The molecule has 0 bridgehead atoms. The van der Waals surface area contributed by atoms with Gasteiger partial charge in [0.1, 0.15) is 0 Å². The van der Waals surface area contributed by atoms with Gasteiger partial charge in [0.2, 0.25) is 0 Å². The van der Waals surface area contributed by atoms with Crippen molar-refractivity contribution in [2.75, 3.05) is 11.9 Å². The van der Waals surface area contributed by atoms with E-state index in [2.05, 4.69) is 40.3 Å². The molecule has 1 saturated carbocycles. The molecule has 1 N–H and O–H groups in total. The van der Waals surface area contributed by atoms with Crippen LogP contribution in [0.4, 0.5) is 0 Å². The lowest BCUT2D eigenvalue weighted by Crippen LogP contribution is -2.32. The van der Waals surface area contributed by atoms with E-state index in [4.69, 9.17) is 0 Å². The maximum atomic E-state index is 12.4. The Morgan fingerprint density at radius 1 is 1.20 bits per heavy atom. The zero-order valence-electron chi connectivity index (χ0n) is 12.6. The molecule has 110 valence electrons. The van der Waals surface area contributed by atoms with E-state index < -0.39 is 0 Å². The van der Waals surface area contributed by atoms with E-state index in [1.807, 2.05) is 13.8 Å². The van der Waals surface area contributed by atoms with Gasteiger partial charge in [-0.1, -0.05) is 40.0 Å². The summed E-state index contributed by atoms with van der Waals surface area (Å²) < 4.78 is 0. The molecule has 1 aliphatic rings. The third-order valence-corrected chi connectivity index (χ3v) is 5.28. The zero-order chi connectivity index (χ0) is 14.7. The molecular formula is C17H24BrNO. The summed E-state index contributed by atoms with van der Waals surface area (Å²) in [6, 6.07) is 4.16. The van der Waals surface area contributed by atoms with Crippen molar-refractivity contribution < 1.29 is 4.79 Å². The Morgan fingerprint density at radius 3 is 2.40 bits per heavy atom. The normalized spacial score (nSPS) is 22.0. The van der Waals surface area contributed by atoms with Gasteiger partial charge in [-0.05, 0) is 56.6 Å². The first-order chi connectivity index (χ1) is 9.52. The van der Waals surface area contributed by atoms with Crippen molar-refractivity contribution in [2.45, 2.75) is 40.0 Å². The Kier molecular flexibility index (Phi) is 5.25. The molecule has 0 aromatic heterocycles. The number of carbonyl (C=O) groups excluding carboxylic acids is 1. The van der Waals surface area contributed by atoms with Crippen LogP contribution in [0.3, 0.4) is 0 Å². The molecule has 0 radical (unpaired) electrons. The number of aryl methyl sites for hydroxylation is 3. The summed E-state index contributed by atoms with van der Waals surface area (Å²) in [6.07, 6.45) is 3.82. The molecule has 2 atom stereocenters. The van der Waals surface area contributed by atoms with Gasteiger partial charge >= 0.3 is 0 Å². The average molecular weight is 338 g/mol. The van der Waals surface area contributed by atoms with Crippen LogP contribution in [-0.2, 0) is 0 Å². The molecule has 1 aliphatic carbocycles. The van der Waals surface area contributed by atoms with Crippen molar-refractivity contribution in [3.8, 4) is 0 Å². The molecular weight excluding hydrogens is 314 g/mol.